The van der Waals surface area contributed by atoms with Gasteiger partial charge in [-0.3, -0.25) is 0 Å². The van der Waals surface area contributed by atoms with Crippen molar-refractivity contribution >= 4 is 15.9 Å². The second kappa shape index (κ2) is 6.65. The van der Waals surface area contributed by atoms with E-state index in [1.165, 1.54) is 11.1 Å². The van der Waals surface area contributed by atoms with Crippen LogP contribution in [0, 0.1) is 20.8 Å². The van der Waals surface area contributed by atoms with Crippen molar-refractivity contribution in [3.05, 3.63) is 56.6 Å². The van der Waals surface area contributed by atoms with E-state index >= 15 is 0 Å². The maximum Gasteiger partial charge on any atom is 0.188 e. The normalized spacial score (nSPS) is 18.0. The molecule has 2 aromatic rings. The zero-order valence-electron chi connectivity index (χ0n) is 15.7. The lowest BCUT2D eigenvalue weighted by molar-refractivity contribution is 0.0500. The van der Waals surface area contributed by atoms with E-state index in [1.54, 1.807) is 7.11 Å². The van der Waals surface area contributed by atoms with Gasteiger partial charge in [0.2, 0.25) is 0 Å². The molecule has 4 heteroatoms. The number of halogens is 1. The number of methoxy groups -OCH3 is 1. The van der Waals surface area contributed by atoms with Crippen molar-refractivity contribution in [1.82, 2.24) is 0 Å². The molecule has 1 aliphatic rings. The summed E-state index contributed by atoms with van der Waals surface area (Å²) in [6.45, 7) is 10.9. The maximum absolute atomic E-state index is 6.44. The lowest BCUT2D eigenvalue weighted by atomic mass is 9.78. The number of fused-ring (bicyclic) bond motifs is 1. The van der Waals surface area contributed by atoms with Crippen molar-refractivity contribution in [2.75, 3.05) is 13.9 Å². The lowest BCUT2D eigenvalue weighted by Crippen LogP contribution is -2.31. The fourth-order valence-electron chi connectivity index (χ4n) is 3.82. The monoisotopic (exact) mass is 404 g/mol. The quantitative estimate of drug-likeness (QED) is 0.615. The van der Waals surface area contributed by atoms with Gasteiger partial charge in [0, 0.05) is 17.1 Å². The Hall–Kier alpha value is -1.52. The molecular formula is C21H25BrO3. The highest BCUT2D eigenvalue weighted by Crippen LogP contribution is 2.54. The van der Waals surface area contributed by atoms with Gasteiger partial charge in [0.1, 0.15) is 17.1 Å². The molecule has 3 rings (SSSR count). The molecule has 0 aliphatic carbocycles. The Labute approximate surface area is 158 Å². The molecule has 1 aliphatic heterocycles. The molecule has 134 valence electrons. The van der Waals surface area contributed by atoms with Crippen LogP contribution in [0.2, 0.25) is 0 Å². The highest BCUT2D eigenvalue weighted by molar-refractivity contribution is 9.10. The molecule has 0 radical (unpaired) electrons. The third-order valence-corrected chi connectivity index (χ3v) is 5.64. The smallest absolute Gasteiger partial charge is 0.188 e. The molecule has 0 aromatic heterocycles. The molecule has 0 bridgehead atoms. The topological polar surface area (TPSA) is 27.7 Å². The van der Waals surface area contributed by atoms with Gasteiger partial charge in [0.15, 0.2) is 6.79 Å². The average Bonchev–Trinajstić information content (AvgIpc) is 2.85. The second-order valence-electron chi connectivity index (χ2n) is 7.19. The first-order chi connectivity index (χ1) is 11.8. The zero-order chi connectivity index (χ0) is 18.4. The van der Waals surface area contributed by atoms with Gasteiger partial charge in [0.05, 0.1) is 5.92 Å². The van der Waals surface area contributed by atoms with Crippen LogP contribution in [0.15, 0.2) is 28.7 Å². The van der Waals surface area contributed by atoms with Gasteiger partial charge in [-0.05, 0) is 69.0 Å². The largest absolute Gasteiger partial charge is 0.486 e. The van der Waals surface area contributed by atoms with Gasteiger partial charge < -0.3 is 14.2 Å². The number of rotatable bonds is 4. The number of benzene rings is 2. The van der Waals surface area contributed by atoms with E-state index in [9.17, 15) is 0 Å². The summed E-state index contributed by atoms with van der Waals surface area (Å²) < 4.78 is 18.6. The molecule has 1 unspecified atom stereocenters. The first-order valence-corrected chi connectivity index (χ1v) is 9.27. The van der Waals surface area contributed by atoms with E-state index in [0.717, 1.165) is 32.7 Å². The molecule has 0 spiro atoms. The fraction of sp³-hybridized carbons (Fsp3) is 0.429. The Morgan fingerprint density at radius 1 is 1.04 bits per heavy atom. The SMILES string of the molecule is COCOc1c(C)c(C)c2c(c1C)C(c1ccc(Br)cc1)C(C)(C)O2. The molecule has 3 nitrogen and oxygen atoms in total. The van der Waals surface area contributed by atoms with E-state index in [4.69, 9.17) is 14.2 Å². The molecule has 2 aromatic carbocycles. The number of ether oxygens (including phenoxy) is 3. The molecule has 0 fully saturated rings. The van der Waals surface area contributed by atoms with Crippen LogP contribution in [-0.2, 0) is 4.74 Å². The molecule has 1 atom stereocenters. The van der Waals surface area contributed by atoms with E-state index in [2.05, 4.69) is 74.8 Å². The van der Waals surface area contributed by atoms with E-state index in [0.29, 0.717) is 0 Å². The van der Waals surface area contributed by atoms with Gasteiger partial charge in [-0.1, -0.05) is 28.1 Å². The van der Waals surface area contributed by atoms with Gasteiger partial charge in [-0.25, -0.2) is 0 Å². The van der Waals surface area contributed by atoms with E-state index < -0.39 is 0 Å². The minimum atomic E-state index is -0.321. The molecule has 25 heavy (non-hydrogen) atoms. The van der Waals surface area contributed by atoms with Crippen LogP contribution in [-0.4, -0.2) is 19.5 Å². The standard InChI is InChI=1S/C21H25BrO3/c1-12-13(2)20-17(14(3)19(12)24-11-23-6)18(21(4,5)25-20)15-7-9-16(22)10-8-15/h7-10,18H,11H2,1-6H3. The summed E-state index contributed by atoms with van der Waals surface area (Å²) in [4.78, 5) is 0. The fourth-order valence-corrected chi connectivity index (χ4v) is 4.09. The zero-order valence-corrected chi connectivity index (χ0v) is 17.3. The Bertz CT molecular complexity index is 794. The van der Waals surface area contributed by atoms with Crippen LogP contribution in [0.5, 0.6) is 11.5 Å². The molecule has 0 saturated carbocycles. The van der Waals surface area contributed by atoms with Crippen LogP contribution in [0.3, 0.4) is 0 Å². The van der Waals surface area contributed by atoms with Crippen LogP contribution in [0.25, 0.3) is 0 Å². The summed E-state index contributed by atoms with van der Waals surface area (Å²) in [5.74, 6) is 2.05. The first kappa shape index (κ1) is 18.3. The third kappa shape index (κ3) is 3.06. The summed E-state index contributed by atoms with van der Waals surface area (Å²) in [7, 11) is 1.64. The van der Waals surface area contributed by atoms with Gasteiger partial charge in [0.25, 0.3) is 0 Å². The Kier molecular flexibility index (Phi) is 4.86. The molecule has 0 N–H and O–H groups in total. The van der Waals surface area contributed by atoms with Crippen molar-refractivity contribution in [3.8, 4) is 11.5 Å². The summed E-state index contributed by atoms with van der Waals surface area (Å²) in [6, 6.07) is 8.50. The summed E-state index contributed by atoms with van der Waals surface area (Å²) in [5, 5.41) is 0. The van der Waals surface area contributed by atoms with Crippen LogP contribution in [0.4, 0.5) is 0 Å². The predicted octanol–water partition coefficient (Wildman–Crippen LogP) is 5.66. The minimum absolute atomic E-state index is 0.153. The summed E-state index contributed by atoms with van der Waals surface area (Å²) in [6.07, 6.45) is 0. The van der Waals surface area contributed by atoms with E-state index in [1.807, 2.05) is 0 Å². The molecular weight excluding hydrogens is 380 g/mol. The second-order valence-corrected chi connectivity index (χ2v) is 8.10. The number of hydrogen-bond donors (Lipinski definition) is 0. The van der Waals surface area contributed by atoms with Crippen LogP contribution < -0.4 is 9.47 Å². The first-order valence-electron chi connectivity index (χ1n) is 8.47. The van der Waals surface area contributed by atoms with Crippen molar-refractivity contribution in [2.45, 2.75) is 46.1 Å². The Morgan fingerprint density at radius 2 is 1.68 bits per heavy atom. The lowest BCUT2D eigenvalue weighted by Gasteiger charge is -2.27. The van der Waals surface area contributed by atoms with Crippen molar-refractivity contribution in [3.63, 3.8) is 0 Å². The maximum atomic E-state index is 6.44. The van der Waals surface area contributed by atoms with Crippen molar-refractivity contribution in [2.24, 2.45) is 0 Å². The van der Waals surface area contributed by atoms with Crippen LogP contribution in [0.1, 0.15) is 47.6 Å². The number of hydrogen-bond acceptors (Lipinski definition) is 3. The van der Waals surface area contributed by atoms with Gasteiger partial charge >= 0.3 is 0 Å². The highest BCUT2D eigenvalue weighted by Gasteiger charge is 2.45. The van der Waals surface area contributed by atoms with Gasteiger partial charge in [-0.15, -0.1) is 0 Å². The third-order valence-electron chi connectivity index (χ3n) is 5.11. The average molecular weight is 405 g/mol. The summed E-state index contributed by atoms with van der Waals surface area (Å²) in [5.41, 5.74) is 5.53. The molecule has 1 heterocycles. The summed E-state index contributed by atoms with van der Waals surface area (Å²) >= 11 is 3.52. The van der Waals surface area contributed by atoms with Crippen molar-refractivity contribution < 1.29 is 14.2 Å². The Morgan fingerprint density at radius 3 is 2.28 bits per heavy atom. The predicted molar refractivity (Wildman–Crippen MR) is 104 cm³/mol. The minimum Gasteiger partial charge on any atom is -0.486 e. The Balaban J connectivity index is 2.21. The van der Waals surface area contributed by atoms with Crippen molar-refractivity contribution in [1.29, 1.82) is 0 Å². The van der Waals surface area contributed by atoms with Gasteiger partial charge in [-0.2, -0.15) is 0 Å². The molecule has 0 amide bonds. The highest BCUT2D eigenvalue weighted by atomic mass is 79.9. The van der Waals surface area contributed by atoms with E-state index in [-0.39, 0.29) is 18.3 Å². The molecule has 0 saturated heterocycles. The van der Waals surface area contributed by atoms with Crippen LogP contribution >= 0.6 is 15.9 Å².